The Hall–Kier alpha value is -0.700. The van der Waals surface area contributed by atoms with Gasteiger partial charge in [-0.1, -0.05) is 0 Å². The lowest BCUT2D eigenvalue weighted by Gasteiger charge is -2.10. The van der Waals surface area contributed by atoms with Crippen molar-refractivity contribution in [1.82, 2.24) is 4.72 Å². The van der Waals surface area contributed by atoms with Crippen molar-refractivity contribution in [2.45, 2.75) is 30.8 Å². The molecule has 0 aliphatic heterocycles. The molecule has 0 heterocycles. The van der Waals surface area contributed by atoms with Crippen molar-refractivity contribution in [3.8, 4) is 0 Å². The molecule has 0 radical (unpaired) electrons. The van der Waals surface area contributed by atoms with E-state index in [0.717, 1.165) is 12.1 Å². The summed E-state index contributed by atoms with van der Waals surface area (Å²) in [7, 11) is -3.94. The maximum atomic E-state index is 13.6. The number of hydrogen-bond donors (Lipinski definition) is 3. The normalized spacial score (nSPS) is 13.5. The van der Waals surface area contributed by atoms with Crippen LogP contribution in [0.3, 0.4) is 0 Å². The number of anilines is 1. The molecule has 0 aromatic heterocycles. The van der Waals surface area contributed by atoms with Crippen molar-refractivity contribution < 1.29 is 17.9 Å². The highest BCUT2D eigenvalue weighted by molar-refractivity contribution is 9.10. The van der Waals surface area contributed by atoms with Crippen LogP contribution in [0, 0.1) is 5.82 Å². The topological polar surface area (TPSA) is 92.4 Å². The van der Waals surface area contributed by atoms with Gasteiger partial charge in [0.05, 0.1) is 6.10 Å². The molecule has 108 valence electrons. The molecule has 8 heteroatoms. The van der Waals surface area contributed by atoms with Gasteiger partial charge < -0.3 is 10.8 Å². The van der Waals surface area contributed by atoms with Crippen LogP contribution in [0.2, 0.25) is 0 Å². The Kier molecular flexibility index (Phi) is 5.72. The standard InChI is InChI=1S/C11H16BrFN2O3S/c1-7(16)3-2-4-15-19(17,18)11-6-10(14)8(12)5-9(11)13/h5-7,15-16H,2-4,14H2,1H3. The van der Waals surface area contributed by atoms with Gasteiger partial charge in [-0.3, -0.25) is 0 Å². The number of rotatable bonds is 6. The van der Waals surface area contributed by atoms with Crippen LogP contribution >= 0.6 is 15.9 Å². The van der Waals surface area contributed by atoms with Crippen LogP contribution in [0.4, 0.5) is 10.1 Å². The van der Waals surface area contributed by atoms with Gasteiger partial charge >= 0.3 is 0 Å². The molecule has 0 saturated carbocycles. The minimum atomic E-state index is -3.94. The van der Waals surface area contributed by atoms with Gasteiger partial charge in [-0.15, -0.1) is 0 Å². The van der Waals surface area contributed by atoms with Gasteiger partial charge in [-0.25, -0.2) is 17.5 Å². The molecule has 1 aromatic rings. The third-order valence-corrected chi connectivity index (χ3v) is 4.59. The first-order chi connectivity index (χ1) is 8.74. The smallest absolute Gasteiger partial charge is 0.243 e. The summed E-state index contributed by atoms with van der Waals surface area (Å²) in [5.41, 5.74) is 5.69. The number of benzene rings is 1. The molecule has 1 unspecified atom stereocenters. The fourth-order valence-electron chi connectivity index (χ4n) is 1.43. The predicted molar refractivity (Wildman–Crippen MR) is 74.6 cm³/mol. The number of sulfonamides is 1. The van der Waals surface area contributed by atoms with E-state index in [2.05, 4.69) is 20.7 Å². The van der Waals surface area contributed by atoms with Gasteiger partial charge in [0.15, 0.2) is 0 Å². The molecule has 0 aliphatic rings. The summed E-state index contributed by atoms with van der Waals surface area (Å²) in [5.74, 6) is -0.871. The molecule has 0 aliphatic carbocycles. The lowest BCUT2D eigenvalue weighted by atomic mass is 10.2. The molecule has 0 spiro atoms. The van der Waals surface area contributed by atoms with E-state index in [9.17, 15) is 12.8 Å². The monoisotopic (exact) mass is 354 g/mol. The van der Waals surface area contributed by atoms with E-state index in [1.54, 1.807) is 6.92 Å². The zero-order chi connectivity index (χ0) is 14.6. The molecular formula is C11H16BrFN2O3S. The molecule has 5 nitrogen and oxygen atoms in total. The predicted octanol–water partition coefficient (Wildman–Crippen LogP) is 1.61. The average Bonchev–Trinajstić information content (AvgIpc) is 2.29. The summed E-state index contributed by atoms with van der Waals surface area (Å²) in [6.45, 7) is 1.74. The highest BCUT2D eigenvalue weighted by Gasteiger charge is 2.20. The van der Waals surface area contributed by atoms with E-state index in [1.165, 1.54) is 0 Å². The maximum absolute atomic E-state index is 13.6. The molecule has 0 amide bonds. The number of aliphatic hydroxyl groups excluding tert-OH is 1. The van der Waals surface area contributed by atoms with Gasteiger partial charge in [0.2, 0.25) is 10.0 Å². The number of nitrogens with one attached hydrogen (secondary N) is 1. The minimum Gasteiger partial charge on any atom is -0.398 e. The van der Waals surface area contributed by atoms with Crippen molar-refractivity contribution in [3.63, 3.8) is 0 Å². The van der Waals surface area contributed by atoms with Crippen molar-refractivity contribution in [1.29, 1.82) is 0 Å². The van der Waals surface area contributed by atoms with E-state index < -0.39 is 26.8 Å². The molecule has 0 bridgehead atoms. The molecule has 1 atom stereocenters. The molecule has 1 aromatic carbocycles. The van der Waals surface area contributed by atoms with Gasteiger partial charge in [-0.2, -0.15) is 0 Å². The molecule has 19 heavy (non-hydrogen) atoms. The second kappa shape index (κ2) is 6.65. The Morgan fingerprint density at radius 1 is 1.53 bits per heavy atom. The van der Waals surface area contributed by atoms with Crippen LogP contribution < -0.4 is 10.5 Å². The largest absolute Gasteiger partial charge is 0.398 e. The number of nitrogens with two attached hydrogens (primary N) is 1. The SMILES string of the molecule is CC(O)CCCNS(=O)(=O)c1cc(N)c(Br)cc1F. The Labute approximate surface area is 120 Å². The first-order valence-corrected chi connectivity index (χ1v) is 7.94. The maximum Gasteiger partial charge on any atom is 0.243 e. The second-order valence-electron chi connectivity index (χ2n) is 4.19. The van der Waals surface area contributed by atoms with Crippen molar-refractivity contribution in [2.24, 2.45) is 0 Å². The van der Waals surface area contributed by atoms with Gasteiger partial charge in [0.25, 0.3) is 0 Å². The van der Waals surface area contributed by atoms with E-state index >= 15 is 0 Å². The summed E-state index contributed by atoms with van der Waals surface area (Å²) < 4.78 is 39.9. The van der Waals surface area contributed by atoms with Gasteiger partial charge in [-0.05, 0) is 47.8 Å². The van der Waals surface area contributed by atoms with E-state index in [0.29, 0.717) is 17.3 Å². The first kappa shape index (κ1) is 16.4. The molecule has 0 saturated heterocycles. The summed E-state index contributed by atoms with van der Waals surface area (Å²) in [6, 6.07) is 2.08. The summed E-state index contributed by atoms with van der Waals surface area (Å²) in [4.78, 5) is -0.481. The Balaban J connectivity index is 2.80. The number of aliphatic hydroxyl groups is 1. The van der Waals surface area contributed by atoms with Gasteiger partial charge in [0.1, 0.15) is 10.7 Å². The highest BCUT2D eigenvalue weighted by atomic mass is 79.9. The van der Waals surface area contributed by atoms with E-state index in [4.69, 9.17) is 10.8 Å². The fourth-order valence-corrected chi connectivity index (χ4v) is 2.91. The number of hydrogen-bond acceptors (Lipinski definition) is 4. The summed E-state index contributed by atoms with van der Waals surface area (Å²) in [6.07, 6.45) is 0.433. The van der Waals surface area contributed by atoms with Crippen LogP contribution in [0.25, 0.3) is 0 Å². The van der Waals surface area contributed by atoms with Crippen molar-refractivity contribution in [2.75, 3.05) is 12.3 Å². The fraction of sp³-hybridized carbons (Fsp3) is 0.455. The summed E-state index contributed by atoms with van der Waals surface area (Å²) >= 11 is 3.02. The number of nitrogen functional groups attached to an aromatic ring is 1. The second-order valence-corrected chi connectivity index (χ2v) is 6.78. The highest BCUT2D eigenvalue weighted by Crippen LogP contribution is 2.25. The Bertz CT molecular complexity index is 549. The molecule has 4 N–H and O–H groups in total. The average molecular weight is 355 g/mol. The third kappa shape index (κ3) is 4.72. The Morgan fingerprint density at radius 3 is 2.74 bits per heavy atom. The van der Waals surface area contributed by atoms with Crippen LogP contribution in [-0.4, -0.2) is 26.2 Å². The van der Waals surface area contributed by atoms with Crippen LogP contribution in [0.15, 0.2) is 21.5 Å². The third-order valence-electron chi connectivity index (χ3n) is 2.43. The molecule has 1 rings (SSSR count). The van der Waals surface area contributed by atoms with E-state index in [1.807, 2.05) is 0 Å². The van der Waals surface area contributed by atoms with Crippen molar-refractivity contribution >= 4 is 31.6 Å². The quantitative estimate of drug-likeness (QED) is 0.534. The lowest BCUT2D eigenvalue weighted by molar-refractivity contribution is 0.182. The van der Waals surface area contributed by atoms with Crippen LogP contribution in [0.1, 0.15) is 19.8 Å². The van der Waals surface area contributed by atoms with Gasteiger partial charge in [0, 0.05) is 16.7 Å². The van der Waals surface area contributed by atoms with Crippen molar-refractivity contribution in [3.05, 3.63) is 22.4 Å². The number of halogens is 2. The first-order valence-electron chi connectivity index (χ1n) is 5.66. The molecular weight excluding hydrogens is 339 g/mol. The zero-order valence-electron chi connectivity index (χ0n) is 10.4. The zero-order valence-corrected chi connectivity index (χ0v) is 12.8. The van der Waals surface area contributed by atoms with Crippen LogP contribution in [0.5, 0.6) is 0 Å². The lowest BCUT2D eigenvalue weighted by Crippen LogP contribution is -2.26. The van der Waals surface area contributed by atoms with E-state index in [-0.39, 0.29) is 12.2 Å². The molecule has 0 fully saturated rings. The summed E-state index contributed by atoms with van der Waals surface area (Å²) in [5, 5.41) is 9.05. The minimum absolute atomic E-state index is 0.128. The van der Waals surface area contributed by atoms with Crippen LogP contribution in [-0.2, 0) is 10.0 Å². The Morgan fingerprint density at radius 2 is 2.16 bits per heavy atom.